The van der Waals surface area contributed by atoms with E-state index in [0.29, 0.717) is 12.4 Å². The summed E-state index contributed by atoms with van der Waals surface area (Å²) in [5.41, 5.74) is -0.105. The number of nitrogens with one attached hydrogen (secondary N) is 1. The molecule has 14 heavy (non-hydrogen) atoms. The van der Waals surface area contributed by atoms with Gasteiger partial charge in [-0.15, -0.1) is 11.6 Å². The van der Waals surface area contributed by atoms with Crippen LogP contribution in [0.1, 0.15) is 26.7 Å². The van der Waals surface area contributed by atoms with E-state index in [2.05, 4.69) is 19.2 Å². The SMILES string of the molecule is CCC(CC)(CCl)NCCS(C)(=O)=O. The first-order valence-electron chi connectivity index (χ1n) is 4.88. The molecule has 0 radical (unpaired) electrons. The zero-order valence-electron chi connectivity index (χ0n) is 9.14. The first kappa shape index (κ1) is 14.2. The highest BCUT2D eigenvalue weighted by Crippen LogP contribution is 2.16. The Morgan fingerprint density at radius 1 is 1.29 bits per heavy atom. The van der Waals surface area contributed by atoms with Gasteiger partial charge in [-0.1, -0.05) is 13.8 Å². The average Bonchev–Trinajstić information content (AvgIpc) is 2.11. The smallest absolute Gasteiger partial charge is 0.148 e. The predicted molar refractivity (Wildman–Crippen MR) is 61.7 cm³/mol. The first-order valence-corrected chi connectivity index (χ1v) is 7.47. The Bertz CT molecular complexity index is 239. The van der Waals surface area contributed by atoms with Crippen LogP contribution >= 0.6 is 11.6 Å². The number of halogens is 1. The van der Waals surface area contributed by atoms with E-state index in [4.69, 9.17) is 11.6 Å². The monoisotopic (exact) mass is 241 g/mol. The van der Waals surface area contributed by atoms with Gasteiger partial charge in [0, 0.05) is 24.2 Å². The van der Waals surface area contributed by atoms with Crippen molar-refractivity contribution in [1.82, 2.24) is 5.32 Å². The molecular formula is C9H20ClNO2S. The summed E-state index contributed by atoms with van der Waals surface area (Å²) in [4.78, 5) is 0. The van der Waals surface area contributed by atoms with Crippen LogP contribution in [-0.4, -0.2) is 38.4 Å². The zero-order chi connectivity index (χ0) is 11.2. The lowest BCUT2D eigenvalue weighted by atomic mass is 9.95. The Balaban J connectivity index is 4.08. The summed E-state index contributed by atoms with van der Waals surface area (Å²) in [7, 11) is -2.88. The number of alkyl halides is 1. The number of hydrogen-bond donors (Lipinski definition) is 1. The normalized spacial score (nSPS) is 13.1. The highest BCUT2D eigenvalue weighted by Gasteiger charge is 2.24. The quantitative estimate of drug-likeness (QED) is 0.686. The Morgan fingerprint density at radius 2 is 1.79 bits per heavy atom. The number of hydrogen-bond acceptors (Lipinski definition) is 3. The third-order valence-corrected chi connectivity index (χ3v) is 4.04. The van der Waals surface area contributed by atoms with Crippen LogP contribution < -0.4 is 5.32 Å². The molecule has 0 saturated carbocycles. The molecule has 0 heterocycles. The van der Waals surface area contributed by atoms with E-state index in [1.807, 2.05) is 0 Å². The Kier molecular flexibility index (Phi) is 6.02. The summed E-state index contributed by atoms with van der Waals surface area (Å²) in [5, 5.41) is 3.23. The zero-order valence-corrected chi connectivity index (χ0v) is 10.7. The second-order valence-electron chi connectivity index (χ2n) is 3.68. The van der Waals surface area contributed by atoms with E-state index in [1.165, 1.54) is 6.26 Å². The van der Waals surface area contributed by atoms with Crippen LogP contribution in [-0.2, 0) is 9.84 Å². The van der Waals surface area contributed by atoms with E-state index in [9.17, 15) is 8.42 Å². The molecular weight excluding hydrogens is 222 g/mol. The van der Waals surface area contributed by atoms with Crippen LogP contribution in [0.2, 0.25) is 0 Å². The maximum absolute atomic E-state index is 10.9. The van der Waals surface area contributed by atoms with Crippen molar-refractivity contribution < 1.29 is 8.42 Å². The average molecular weight is 242 g/mol. The van der Waals surface area contributed by atoms with Crippen molar-refractivity contribution in [2.45, 2.75) is 32.2 Å². The Labute approximate surface area is 92.1 Å². The number of sulfone groups is 1. The summed E-state index contributed by atoms with van der Waals surface area (Å²) in [6, 6.07) is 0. The van der Waals surface area contributed by atoms with Gasteiger partial charge in [0.1, 0.15) is 9.84 Å². The van der Waals surface area contributed by atoms with E-state index >= 15 is 0 Å². The van der Waals surface area contributed by atoms with Gasteiger partial charge >= 0.3 is 0 Å². The lowest BCUT2D eigenvalue weighted by Crippen LogP contribution is -2.47. The molecule has 0 rings (SSSR count). The Hall–Kier alpha value is 0.200. The van der Waals surface area contributed by atoms with Gasteiger partial charge in [0.15, 0.2) is 0 Å². The molecule has 0 aliphatic rings. The molecule has 0 unspecified atom stereocenters. The molecule has 3 nitrogen and oxygen atoms in total. The van der Waals surface area contributed by atoms with E-state index in [0.717, 1.165) is 12.8 Å². The van der Waals surface area contributed by atoms with Gasteiger partial charge in [-0.3, -0.25) is 0 Å². The molecule has 86 valence electrons. The van der Waals surface area contributed by atoms with E-state index in [1.54, 1.807) is 0 Å². The highest BCUT2D eigenvalue weighted by molar-refractivity contribution is 7.90. The molecule has 0 aliphatic heterocycles. The van der Waals surface area contributed by atoms with Gasteiger partial charge in [0.25, 0.3) is 0 Å². The van der Waals surface area contributed by atoms with Crippen molar-refractivity contribution in [3.8, 4) is 0 Å². The minimum atomic E-state index is -2.88. The molecule has 0 amide bonds. The molecule has 0 spiro atoms. The van der Waals surface area contributed by atoms with Gasteiger partial charge in [0.05, 0.1) is 5.75 Å². The molecule has 0 aromatic heterocycles. The summed E-state index contributed by atoms with van der Waals surface area (Å²) in [6.07, 6.45) is 3.07. The van der Waals surface area contributed by atoms with Crippen molar-refractivity contribution in [2.75, 3.05) is 24.4 Å². The minimum Gasteiger partial charge on any atom is -0.309 e. The summed E-state index contributed by atoms with van der Waals surface area (Å²) in [5.74, 6) is 0.690. The van der Waals surface area contributed by atoms with E-state index in [-0.39, 0.29) is 11.3 Å². The van der Waals surface area contributed by atoms with Gasteiger partial charge in [-0.05, 0) is 12.8 Å². The molecule has 0 aromatic carbocycles. The second-order valence-corrected chi connectivity index (χ2v) is 6.20. The lowest BCUT2D eigenvalue weighted by molar-refractivity contribution is 0.345. The molecule has 0 aromatic rings. The molecule has 0 saturated heterocycles. The fourth-order valence-electron chi connectivity index (χ4n) is 1.24. The van der Waals surface area contributed by atoms with Crippen LogP contribution in [0.3, 0.4) is 0 Å². The topological polar surface area (TPSA) is 46.2 Å². The third-order valence-electron chi connectivity index (χ3n) is 2.58. The number of rotatable bonds is 7. The summed E-state index contributed by atoms with van der Waals surface area (Å²) < 4.78 is 21.8. The summed E-state index contributed by atoms with van der Waals surface area (Å²) in [6.45, 7) is 4.59. The van der Waals surface area contributed by atoms with Crippen LogP contribution in [0.25, 0.3) is 0 Å². The van der Waals surface area contributed by atoms with Crippen molar-refractivity contribution in [3.05, 3.63) is 0 Å². The minimum absolute atomic E-state index is 0.105. The van der Waals surface area contributed by atoms with Crippen LogP contribution in [0.4, 0.5) is 0 Å². The third kappa shape index (κ3) is 5.17. The van der Waals surface area contributed by atoms with Crippen LogP contribution in [0.15, 0.2) is 0 Å². The molecule has 0 bridgehead atoms. The molecule has 0 fully saturated rings. The highest BCUT2D eigenvalue weighted by atomic mass is 35.5. The van der Waals surface area contributed by atoms with Crippen molar-refractivity contribution in [1.29, 1.82) is 0 Å². The van der Waals surface area contributed by atoms with Gasteiger partial charge < -0.3 is 5.32 Å². The molecule has 0 atom stereocenters. The molecule has 1 N–H and O–H groups in total. The summed E-state index contributed by atoms with van der Waals surface area (Å²) >= 11 is 5.86. The fraction of sp³-hybridized carbons (Fsp3) is 1.00. The van der Waals surface area contributed by atoms with Gasteiger partial charge in [-0.25, -0.2) is 8.42 Å². The van der Waals surface area contributed by atoms with Crippen molar-refractivity contribution in [2.24, 2.45) is 0 Å². The van der Waals surface area contributed by atoms with Crippen molar-refractivity contribution >= 4 is 21.4 Å². The Morgan fingerprint density at radius 3 is 2.07 bits per heavy atom. The second kappa shape index (κ2) is 5.93. The van der Waals surface area contributed by atoms with Gasteiger partial charge in [-0.2, -0.15) is 0 Å². The first-order chi connectivity index (χ1) is 6.39. The lowest BCUT2D eigenvalue weighted by Gasteiger charge is -2.30. The molecule has 0 aliphatic carbocycles. The fourth-order valence-corrected chi connectivity index (χ4v) is 2.18. The van der Waals surface area contributed by atoms with Crippen molar-refractivity contribution in [3.63, 3.8) is 0 Å². The van der Waals surface area contributed by atoms with Gasteiger partial charge in [0.2, 0.25) is 0 Å². The van der Waals surface area contributed by atoms with Crippen LogP contribution in [0, 0.1) is 0 Å². The predicted octanol–water partition coefficient (Wildman–Crippen LogP) is 1.42. The van der Waals surface area contributed by atoms with E-state index < -0.39 is 9.84 Å². The maximum Gasteiger partial charge on any atom is 0.148 e. The molecule has 5 heteroatoms. The maximum atomic E-state index is 10.9. The standard InChI is InChI=1S/C9H20ClNO2S/c1-4-9(5-2,8-10)11-6-7-14(3,12)13/h11H,4-8H2,1-3H3. The largest absolute Gasteiger partial charge is 0.309 e. The van der Waals surface area contributed by atoms with Crippen LogP contribution in [0.5, 0.6) is 0 Å².